The SMILES string of the molecule is NCC(CS(=O)(=O)c1ccccc1Cl)c1ccccc1. The maximum atomic E-state index is 12.5. The van der Waals surface area contributed by atoms with E-state index in [2.05, 4.69) is 0 Å². The van der Waals surface area contributed by atoms with E-state index in [0.29, 0.717) is 0 Å². The van der Waals surface area contributed by atoms with Gasteiger partial charge in [0.2, 0.25) is 0 Å². The van der Waals surface area contributed by atoms with Crippen molar-refractivity contribution < 1.29 is 8.42 Å². The standard InChI is InChI=1S/C15H16ClNO2S/c16-14-8-4-5-9-15(14)20(18,19)11-13(10-17)12-6-2-1-3-7-12/h1-9,13H,10-11,17H2. The van der Waals surface area contributed by atoms with E-state index < -0.39 is 9.84 Å². The molecular formula is C15H16ClNO2S. The van der Waals surface area contributed by atoms with Gasteiger partial charge in [-0.15, -0.1) is 0 Å². The first-order valence-corrected chi connectivity index (χ1v) is 8.30. The summed E-state index contributed by atoms with van der Waals surface area (Å²) in [6.45, 7) is 0.272. The van der Waals surface area contributed by atoms with Gasteiger partial charge in [-0.3, -0.25) is 0 Å². The van der Waals surface area contributed by atoms with Gasteiger partial charge in [0.25, 0.3) is 0 Å². The number of benzene rings is 2. The highest BCUT2D eigenvalue weighted by Gasteiger charge is 2.23. The van der Waals surface area contributed by atoms with Gasteiger partial charge in [0, 0.05) is 12.5 Å². The van der Waals surface area contributed by atoms with Gasteiger partial charge in [-0.1, -0.05) is 54.1 Å². The molecule has 0 heterocycles. The van der Waals surface area contributed by atoms with Crippen LogP contribution in [0.1, 0.15) is 11.5 Å². The maximum absolute atomic E-state index is 12.5. The van der Waals surface area contributed by atoms with Gasteiger partial charge in [-0.2, -0.15) is 0 Å². The molecule has 0 aliphatic heterocycles. The number of nitrogens with two attached hydrogens (primary N) is 1. The Labute approximate surface area is 124 Å². The summed E-state index contributed by atoms with van der Waals surface area (Å²) in [6, 6.07) is 15.9. The van der Waals surface area contributed by atoms with Gasteiger partial charge < -0.3 is 5.73 Å². The molecule has 0 spiro atoms. The van der Waals surface area contributed by atoms with Crippen LogP contribution >= 0.6 is 11.6 Å². The highest BCUT2D eigenvalue weighted by atomic mass is 35.5. The molecule has 0 bridgehead atoms. The van der Waals surface area contributed by atoms with Crippen molar-refractivity contribution in [1.82, 2.24) is 0 Å². The topological polar surface area (TPSA) is 60.2 Å². The van der Waals surface area contributed by atoms with Crippen LogP contribution in [0.25, 0.3) is 0 Å². The highest BCUT2D eigenvalue weighted by molar-refractivity contribution is 7.91. The normalized spacial score (nSPS) is 13.1. The number of hydrogen-bond donors (Lipinski definition) is 1. The molecule has 20 heavy (non-hydrogen) atoms. The molecule has 0 saturated heterocycles. The molecule has 0 aliphatic rings. The summed E-state index contributed by atoms with van der Waals surface area (Å²) in [5, 5.41) is 0.247. The average molecular weight is 310 g/mol. The lowest BCUT2D eigenvalue weighted by Gasteiger charge is -2.16. The van der Waals surface area contributed by atoms with Gasteiger partial charge >= 0.3 is 0 Å². The molecule has 0 aromatic heterocycles. The maximum Gasteiger partial charge on any atom is 0.180 e. The zero-order valence-electron chi connectivity index (χ0n) is 10.9. The third-order valence-electron chi connectivity index (χ3n) is 3.15. The van der Waals surface area contributed by atoms with Crippen LogP contribution in [0.3, 0.4) is 0 Å². The summed E-state index contributed by atoms with van der Waals surface area (Å²) >= 11 is 5.97. The van der Waals surface area contributed by atoms with Gasteiger partial charge in [-0.05, 0) is 17.7 Å². The van der Waals surface area contributed by atoms with Crippen molar-refractivity contribution in [2.75, 3.05) is 12.3 Å². The molecule has 0 fully saturated rings. The van der Waals surface area contributed by atoms with E-state index in [9.17, 15) is 8.42 Å². The van der Waals surface area contributed by atoms with Crippen molar-refractivity contribution in [2.24, 2.45) is 5.73 Å². The minimum Gasteiger partial charge on any atom is -0.330 e. The molecule has 0 saturated carbocycles. The van der Waals surface area contributed by atoms with Crippen LogP contribution in [0, 0.1) is 0 Å². The van der Waals surface area contributed by atoms with E-state index in [4.69, 9.17) is 17.3 Å². The fraction of sp³-hybridized carbons (Fsp3) is 0.200. The monoisotopic (exact) mass is 309 g/mol. The Kier molecular flexibility index (Phi) is 4.81. The Morgan fingerprint density at radius 3 is 2.20 bits per heavy atom. The lowest BCUT2D eigenvalue weighted by Crippen LogP contribution is -2.22. The van der Waals surface area contributed by atoms with E-state index in [0.717, 1.165) is 5.56 Å². The van der Waals surface area contributed by atoms with Crippen molar-refractivity contribution in [2.45, 2.75) is 10.8 Å². The molecule has 3 nitrogen and oxygen atoms in total. The van der Waals surface area contributed by atoms with Crippen LogP contribution in [-0.2, 0) is 9.84 Å². The predicted octanol–water partition coefficient (Wildman–Crippen LogP) is 2.86. The Balaban J connectivity index is 2.30. The largest absolute Gasteiger partial charge is 0.330 e. The number of halogens is 1. The second-order valence-corrected chi connectivity index (χ2v) is 6.97. The first-order chi connectivity index (χ1) is 9.54. The first kappa shape index (κ1) is 15.0. The van der Waals surface area contributed by atoms with Crippen molar-refractivity contribution in [3.05, 3.63) is 65.2 Å². The molecule has 2 N–H and O–H groups in total. The van der Waals surface area contributed by atoms with Crippen molar-refractivity contribution >= 4 is 21.4 Å². The van der Waals surface area contributed by atoms with E-state index in [1.165, 1.54) is 6.07 Å². The van der Waals surface area contributed by atoms with Gasteiger partial charge in [0.15, 0.2) is 9.84 Å². The summed E-state index contributed by atoms with van der Waals surface area (Å²) in [5.41, 5.74) is 6.65. The fourth-order valence-corrected chi connectivity index (χ4v) is 4.25. The van der Waals surface area contributed by atoms with Gasteiger partial charge in [-0.25, -0.2) is 8.42 Å². The van der Waals surface area contributed by atoms with Crippen molar-refractivity contribution in [3.8, 4) is 0 Å². The Bertz CT molecular complexity index is 671. The predicted molar refractivity (Wildman–Crippen MR) is 81.7 cm³/mol. The van der Waals surface area contributed by atoms with Crippen LogP contribution < -0.4 is 5.73 Å². The van der Waals surface area contributed by atoms with Crippen LogP contribution in [0.15, 0.2) is 59.5 Å². The van der Waals surface area contributed by atoms with Crippen molar-refractivity contribution in [1.29, 1.82) is 0 Å². The fourth-order valence-electron chi connectivity index (χ4n) is 2.08. The third kappa shape index (κ3) is 3.39. The molecule has 5 heteroatoms. The second-order valence-electron chi connectivity index (χ2n) is 4.56. The van der Waals surface area contributed by atoms with E-state index in [1.54, 1.807) is 18.2 Å². The summed E-state index contributed by atoms with van der Waals surface area (Å²) in [4.78, 5) is 0.163. The first-order valence-electron chi connectivity index (χ1n) is 6.27. The zero-order chi connectivity index (χ0) is 14.6. The summed E-state index contributed by atoms with van der Waals surface area (Å²) in [6.07, 6.45) is 0. The van der Waals surface area contributed by atoms with E-state index in [-0.39, 0.29) is 28.1 Å². The highest BCUT2D eigenvalue weighted by Crippen LogP contribution is 2.26. The Morgan fingerprint density at radius 1 is 1.00 bits per heavy atom. The molecule has 1 atom stereocenters. The Morgan fingerprint density at radius 2 is 1.60 bits per heavy atom. The molecule has 0 radical (unpaired) electrons. The molecule has 2 aromatic rings. The lowest BCUT2D eigenvalue weighted by molar-refractivity contribution is 0.587. The number of rotatable bonds is 5. The average Bonchev–Trinajstić information content (AvgIpc) is 2.46. The molecular weight excluding hydrogens is 294 g/mol. The van der Waals surface area contributed by atoms with Crippen LogP contribution in [0.5, 0.6) is 0 Å². The smallest absolute Gasteiger partial charge is 0.180 e. The molecule has 1 unspecified atom stereocenters. The quantitative estimate of drug-likeness (QED) is 0.924. The number of hydrogen-bond acceptors (Lipinski definition) is 3. The van der Waals surface area contributed by atoms with Gasteiger partial charge in [0.05, 0.1) is 15.7 Å². The van der Waals surface area contributed by atoms with Crippen LogP contribution in [0.2, 0.25) is 5.02 Å². The lowest BCUT2D eigenvalue weighted by atomic mass is 10.0. The van der Waals surface area contributed by atoms with Crippen molar-refractivity contribution in [3.63, 3.8) is 0 Å². The molecule has 2 aromatic carbocycles. The van der Waals surface area contributed by atoms with Crippen LogP contribution in [0.4, 0.5) is 0 Å². The van der Waals surface area contributed by atoms with E-state index in [1.807, 2.05) is 30.3 Å². The summed E-state index contributed by atoms with van der Waals surface area (Å²) in [5.74, 6) is -0.283. The second kappa shape index (κ2) is 6.39. The molecule has 2 rings (SSSR count). The van der Waals surface area contributed by atoms with E-state index >= 15 is 0 Å². The summed E-state index contributed by atoms with van der Waals surface area (Å²) < 4.78 is 24.9. The zero-order valence-corrected chi connectivity index (χ0v) is 12.4. The minimum absolute atomic E-state index is 0.0444. The molecule has 0 amide bonds. The molecule has 106 valence electrons. The minimum atomic E-state index is -3.46. The number of sulfone groups is 1. The molecule has 0 aliphatic carbocycles. The van der Waals surface area contributed by atoms with Gasteiger partial charge in [0.1, 0.15) is 0 Å². The van der Waals surface area contributed by atoms with Crippen LogP contribution in [-0.4, -0.2) is 20.7 Å². The third-order valence-corrected chi connectivity index (χ3v) is 5.46. The Hall–Kier alpha value is -1.36. The summed E-state index contributed by atoms with van der Waals surface area (Å²) in [7, 11) is -3.46.